The van der Waals surface area contributed by atoms with E-state index in [1.165, 1.54) is 51.4 Å². The minimum atomic E-state index is 0.0499. The van der Waals surface area contributed by atoms with Crippen LogP contribution in [0.25, 0.3) is 0 Å². The third-order valence-electron chi connectivity index (χ3n) is 11.0. The third-order valence-corrected chi connectivity index (χ3v) is 11.0. The summed E-state index contributed by atoms with van der Waals surface area (Å²) in [6.07, 6.45) is 14.1. The molecule has 3 aliphatic carbocycles. The molecule has 0 aromatic rings. The van der Waals surface area contributed by atoms with Crippen molar-refractivity contribution in [2.75, 3.05) is 0 Å². The van der Waals surface area contributed by atoms with Crippen LogP contribution in [0.5, 0.6) is 0 Å². The van der Waals surface area contributed by atoms with E-state index in [0.29, 0.717) is 17.3 Å². The highest BCUT2D eigenvalue weighted by atomic mass is 16.5. The van der Waals surface area contributed by atoms with E-state index >= 15 is 0 Å². The maximum absolute atomic E-state index is 11.9. The van der Waals surface area contributed by atoms with E-state index in [9.17, 15) is 4.79 Å². The van der Waals surface area contributed by atoms with Gasteiger partial charge in [0.1, 0.15) is 6.10 Å². The molecular formula is C27H46O2. The van der Waals surface area contributed by atoms with Crippen molar-refractivity contribution in [3.8, 4) is 0 Å². The molecule has 0 aromatic heterocycles. The van der Waals surface area contributed by atoms with E-state index in [1.807, 2.05) is 0 Å². The normalized spacial score (nSPS) is 47.9. The second-order valence-corrected chi connectivity index (χ2v) is 12.6. The monoisotopic (exact) mass is 402 g/mol. The molecule has 0 aromatic carbocycles. The van der Waals surface area contributed by atoms with Crippen molar-refractivity contribution in [3.05, 3.63) is 0 Å². The van der Waals surface area contributed by atoms with Gasteiger partial charge in [0.05, 0.1) is 0 Å². The predicted octanol–water partition coefficient (Wildman–Crippen LogP) is 7.40. The first-order valence-electron chi connectivity index (χ1n) is 12.8. The van der Waals surface area contributed by atoms with E-state index in [0.717, 1.165) is 42.4 Å². The summed E-state index contributed by atoms with van der Waals surface area (Å²) in [6, 6.07) is 0. The first kappa shape index (κ1) is 21.7. The Bertz CT molecular complexity index is 626. The number of hydrogen-bond donors (Lipinski definition) is 0. The van der Waals surface area contributed by atoms with Crippen molar-refractivity contribution in [1.29, 1.82) is 0 Å². The highest BCUT2D eigenvalue weighted by Gasteiger charge is 2.66. The molecule has 0 N–H and O–H groups in total. The zero-order chi connectivity index (χ0) is 21.0. The molecule has 1 heterocycles. The molecule has 3 saturated carbocycles. The summed E-state index contributed by atoms with van der Waals surface area (Å²) in [5.74, 6) is 4.22. The SMILES string of the molecule is CC(C)CCCC(C)C1CCC2(C)C3CCC4OC(=O)CCC4(C)C3CCC12C. The first-order chi connectivity index (χ1) is 13.6. The molecule has 2 heteroatoms. The molecule has 4 rings (SSSR count). The Morgan fingerprint density at radius 1 is 0.897 bits per heavy atom. The number of fused-ring (bicyclic) bond motifs is 5. The van der Waals surface area contributed by atoms with Gasteiger partial charge >= 0.3 is 5.97 Å². The van der Waals surface area contributed by atoms with E-state index in [4.69, 9.17) is 4.74 Å². The number of carbonyl (C=O) groups excluding carboxylic acids is 1. The van der Waals surface area contributed by atoms with E-state index in [-0.39, 0.29) is 17.5 Å². The number of carbonyl (C=O) groups is 1. The molecular weight excluding hydrogens is 356 g/mol. The Morgan fingerprint density at radius 2 is 1.62 bits per heavy atom. The van der Waals surface area contributed by atoms with Crippen LogP contribution in [0.4, 0.5) is 0 Å². The van der Waals surface area contributed by atoms with Crippen LogP contribution in [0, 0.1) is 45.8 Å². The summed E-state index contributed by atoms with van der Waals surface area (Å²) in [5.41, 5.74) is 1.20. The van der Waals surface area contributed by atoms with Crippen molar-refractivity contribution in [2.24, 2.45) is 45.8 Å². The molecule has 8 unspecified atom stereocenters. The number of esters is 1. The van der Waals surface area contributed by atoms with Gasteiger partial charge in [-0.25, -0.2) is 0 Å². The Balaban J connectivity index is 1.53. The molecule has 0 amide bonds. The van der Waals surface area contributed by atoms with Crippen molar-refractivity contribution >= 4 is 5.97 Å². The lowest BCUT2D eigenvalue weighted by atomic mass is 9.42. The average molecular weight is 403 g/mol. The maximum atomic E-state index is 11.9. The molecule has 29 heavy (non-hydrogen) atoms. The van der Waals surface area contributed by atoms with Crippen LogP contribution in [-0.2, 0) is 9.53 Å². The lowest BCUT2D eigenvalue weighted by molar-refractivity contribution is -0.204. The Morgan fingerprint density at radius 3 is 2.34 bits per heavy atom. The van der Waals surface area contributed by atoms with E-state index in [1.54, 1.807) is 0 Å². The van der Waals surface area contributed by atoms with Gasteiger partial charge in [-0.3, -0.25) is 4.79 Å². The van der Waals surface area contributed by atoms with Gasteiger partial charge in [-0.1, -0.05) is 60.8 Å². The van der Waals surface area contributed by atoms with Gasteiger partial charge in [0.2, 0.25) is 0 Å². The second-order valence-electron chi connectivity index (χ2n) is 12.6. The lowest BCUT2D eigenvalue weighted by Crippen LogP contribution is -2.59. The summed E-state index contributed by atoms with van der Waals surface area (Å²) in [6.45, 7) is 15.1. The number of rotatable bonds is 5. The highest BCUT2D eigenvalue weighted by molar-refractivity contribution is 5.70. The summed E-state index contributed by atoms with van der Waals surface area (Å²) >= 11 is 0. The van der Waals surface area contributed by atoms with Crippen molar-refractivity contribution in [3.63, 3.8) is 0 Å². The van der Waals surface area contributed by atoms with Crippen LogP contribution in [0.15, 0.2) is 0 Å². The molecule has 0 bridgehead atoms. The van der Waals surface area contributed by atoms with Gasteiger partial charge in [-0.2, -0.15) is 0 Å². The van der Waals surface area contributed by atoms with Crippen LogP contribution in [0.3, 0.4) is 0 Å². The fourth-order valence-corrected chi connectivity index (χ4v) is 8.96. The molecule has 166 valence electrons. The molecule has 2 nitrogen and oxygen atoms in total. The summed E-state index contributed by atoms with van der Waals surface area (Å²) in [4.78, 5) is 11.9. The van der Waals surface area contributed by atoms with Gasteiger partial charge in [-0.05, 0) is 85.4 Å². The summed E-state index contributed by atoms with van der Waals surface area (Å²) < 4.78 is 5.90. The standard InChI is InChI=1S/C27H46O2/c1-18(2)8-7-9-19(3)20-12-16-27(6)22-10-11-23-25(4,15-14-24(28)29-23)21(22)13-17-26(20,27)5/h18-23H,7-17H2,1-6H3. The van der Waals surface area contributed by atoms with Crippen molar-refractivity contribution < 1.29 is 9.53 Å². The fraction of sp³-hybridized carbons (Fsp3) is 0.963. The minimum absolute atomic E-state index is 0.0499. The molecule has 1 aliphatic heterocycles. The Kier molecular flexibility index (Phi) is 5.65. The molecule has 1 saturated heterocycles. The van der Waals surface area contributed by atoms with Crippen LogP contribution >= 0.6 is 0 Å². The van der Waals surface area contributed by atoms with Gasteiger partial charge in [0.25, 0.3) is 0 Å². The van der Waals surface area contributed by atoms with Crippen LogP contribution in [0.2, 0.25) is 0 Å². The summed E-state index contributed by atoms with van der Waals surface area (Å²) in [5, 5.41) is 0. The van der Waals surface area contributed by atoms with Crippen LogP contribution in [-0.4, -0.2) is 12.1 Å². The zero-order valence-electron chi connectivity index (χ0n) is 20.1. The lowest BCUT2D eigenvalue weighted by Gasteiger charge is -2.64. The Hall–Kier alpha value is -0.530. The third kappa shape index (κ3) is 3.30. The first-order valence-corrected chi connectivity index (χ1v) is 12.8. The number of ether oxygens (including phenoxy) is 1. The average Bonchev–Trinajstić information content (AvgIpc) is 2.93. The predicted molar refractivity (Wildman–Crippen MR) is 119 cm³/mol. The largest absolute Gasteiger partial charge is 0.462 e. The van der Waals surface area contributed by atoms with E-state index < -0.39 is 0 Å². The smallest absolute Gasteiger partial charge is 0.306 e. The zero-order valence-corrected chi connectivity index (χ0v) is 20.1. The quantitative estimate of drug-likeness (QED) is 0.448. The summed E-state index contributed by atoms with van der Waals surface area (Å²) in [7, 11) is 0. The molecule has 4 fully saturated rings. The highest BCUT2D eigenvalue weighted by Crippen LogP contribution is 2.72. The second kappa shape index (κ2) is 7.56. The number of hydrogen-bond acceptors (Lipinski definition) is 2. The van der Waals surface area contributed by atoms with Crippen molar-refractivity contribution in [1.82, 2.24) is 0 Å². The fourth-order valence-electron chi connectivity index (χ4n) is 8.96. The molecule has 4 aliphatic rings. The maximum Gasteiger partial charge on any atom is 0.306 e. The minimum Gasteiger partial charge on any atom is -0.462 e. The van der Waals surface area contributed by atoms with Gasteiger partial charge in [0, 0.05) is 11.8 Å². The van der Waals surface area contributed by atoms with Gasteiger partial charge < -0.3 is 4.74 Å². The Labute approximate surface area is 179 Å². The molecule has 8 atom stereocenters. The van der Waals surface area contributed by atoms with Crippen LogP contribution < -0.4 is 0 Å². The molecule has 0 radical (unpaired) electrons. The topological polar surface area (TPSA) is 26.3 Å². The van der Waals surface area contributed by atoms with Crippen molar-refractivity contribution in [2.45, 2.75) is 118 Å². The van der Waals surface area contributed by atoms with Gasteiger partial charge in [-0.15, -0.1) is 0 Å². The van der Waals surface area contributed by atoms with E-state index in [2.05, 4.69) is 41.5 Å². The molecule has 0 spiro atoms. The van der Waals surface area contributed by atoms with Crippen LogP contribution in [0.1, 0.15) is 112 Å². The van der Waals surface area contributed by atoms with Gasteiger partial charge in [0.15, 0.2) is 0 Å².